The van der Waals surface area contributed by atoms with Gasteiger partial charge in [0.1, 0.15) is 5.75 Å². The summed E-state index contributed by atoms with van der Waals surface area (Å²) >= 11 is 0. The quantitative estimate of drug-likeness (QED) is 0.905. The van der Waals surface area contributed by atoms with E-state index >= 15 is 0 Å². The van der Waals surface area contributed by atoms with E-state index in [-0.39, 0.29) is 0 Å². The molecule has 0 amide bonds. The zero-order valence-electron chi connectivity index (χ0n) is 11.4. The molecule has 0 spiro atoms. The lowest BCUT2D eigenvalue weighted by Gasteiger charge is -2.15. The normalized spacial score (nSPS) is 12.0. The molecule has 1 N–H and O–H groups in total. The molecule has 0 heterocycles. The molecule has 2 rings (SSSR count). The number of methoxy groups -OCH3 is 1. The number of aliphatic hydroxyl groups is 1. The zero-order valence-corrected chi connectivity index (χ0v) is 11.4. The third kappa shape index (κ3) is 3.06. The third-order valence-electron chi connectivity index (χ3n) is 2.91. The largest absolute Gasteiger partial charge is 0.493 e. The van der Waals surface area contributed by atoms with E-state index in [1.807, 2.05) is 49.4 Å². The standard InChI is InChI=1S/C16H18O3/c1-11-8-9-15(16(10-11)18-3)19-14-7-5-4-6-13(14)12(2)17/h4-10,12,17H,1-3H3. The van der Waals surface area contributed by atoms with Crippen LogP contribution in [0, 0.1) is 6.92 Å². The first-order valence-electron chi connectivity index (χ1n) is 6.21. The van der Waals surface area contributed by atoms with Crippen molar-refractivity contribution in [3.8, 4) is 17.2 Å². The summed E-state index contributed by atoms with van der Waals surface area (Å²) in [5, 5.41) is 9.74. The molecule has 0 bridgehead atoms. The summed E-state index contributed by atoms with van der Waals surface area (Å²) in [5.74, 6) is 1.96. The van der Waals surface area contributed by atoms with Crippen molar-refractivity contribution in [3.05, 3.63) is 53.6 Å². The van der Waals surface area contributed by atoms with Crippen molar-refractivity contribution in [2.75, 3.05) is 7.11 Å². The van der Waals surface area contributed by atoms with Crippen LogP contribution >= 0.6 is 0 Å². The number of aliphatic hydroxyl groups excluding tert-OH is 1. The van der Waals surface area contributed by atoms with Crippen LogP contribution in [0.5, 0.6) is 17.2 Å². The van der Waals surface area contributed by atoms with E-state index in [9.17, 15) is 5.11 Å². The van der Waals surface area contributed by atoms with Crippen LogP contribution in [-0.2, 0) is 0 Å². The lowest BCUT2D eigenvalue weighted by Crippen LogP contribution is -1.97. The van der Waals surface area contributed by atoms with Crippen molar-refractivity contribution in [2.45, 2.75) is 20.0 Å². The van der Waals surface area contributed by atoms with Crippen molar-refractivity contribution in [1.82, 2.24) is 0 Å². The van der Waals surface area contributed by atoms with E-state index in [2.05, 4.69) is 0 Å². The minimum absolute atomic E-state index is 0.576. The highest BCUT2D eigenvalue weighted by atomic mass is 16.5. The summed E-state index contributed by atoms with van der Waals surface area (Å²) in [5.41, 5.74) is 1.86. The molecular weight excluding hydrogens is 240 g/mol. The fourth-order valence-corrected chi connectivity index (χ4v) is 1.90. The molecule has 1 atom stereocenters. The topological polar surface area (TPSA) is 38.7 Å². The number of ether oxygens (including phenoxy) is 2. The second-order valence-electron chi connectivity index (χ2n) is 4.47. The molecule has 3 nitrogen and oxygen atoms in total. The van der Waals surface area contributed by atoms with Gasteiger partial charge in [0.05, 0.1) is 13.2 Å². The molecule has 0 aliphatic rings. The average molecular weight is 258 g/mol. The maximum absolute atomic E-state index is 9.74. The molecule has 100 valence electrons. The summed E-state index contributed by atoms with van der Waals surface area (Å²) < 4.78 is 11.2. The molecular formula is C16H18O3. The molecule has 0 aromatic heterocycles. The van der Waals surface area contributed by atoms with Crippen LogP contribution in [-0.4, -0.2) is 12.2 Å². The monoisotopic (exact) mass is 258 g/mol. The Morgan fingerprint density at radius 3 is 2.42 bits per heavy atom. The van der Waals surface area contributed by atoms with Gasteiger partial charge < -0.3 is 14.6 Å². The van der Waals surface area contributed by atoms with E-state index in [4.69, 9.17) is 9.47 Å². The van der Waals surface area contributed by atoms with E-state index in [1.54, 1.807) is 14.0 Å². The van der Waals surface area contributed by atoms with E-state index < -0.39 is 6.10 Å². The zero-order chi connectivity index (χ0) is 13.8. The van der Waals surface area contributed by atoms with Gasteiger partial charge in [0.2, 0.25) is 0 Å². The smallest absolute Gasteiger partial charge is 0.169 e. The summed E-state index contributed by atoms with van der Waals surface area (Å²) in [7, 11) is 1.61. The van der Waals surface area contributed by atoms with Crippen LogP contribution in [0.25, 0.3) is 0 Å². The minimum Gasteiger partial charge on any atom is -0.493 e. The van der Waals surface area contributed by atoms with Crippen LogP contribution in [0.3, 0.4) is 0 Å². The number of benzene rings is 2. The number of hydrogen-bond acceptors (Lipinski definition) is 3. The maximum atomic E-state index is 9.74. The highest BCUT2D eigenvalue weighted by molar-refractivity contribution is 5.47. The second kappa shape index (κ2) is 5.76. The Labute approximate surface area is 113 Å². The van der Waals surface area contributed by atoms with Gasteiger partial charge in [-0.05, 0) is 37.6 Å². The highest BCUT2D eigenvalue weighted by Crippen LogP contribution is 2.35. The van der Waals surface area contributed by atoms with Gasteiger partial charge in [-0.25, -0.2) is 0 Å². The molecule has 19 heavy (non-hydrogen) atoms. The van der Waals surface area contributed by atoms with E-state index in [0.717, 1.165) is 11.1 Å². The Hall–Kier alpha value is -2.00. The maximum Gasteiger partial charge on any atom is 0.169 e. The van der Waals surface area contributed by atoms with Gasteiger partial charge in [-0.1, -0.05) is 24.3 Å². The van der Waals surface area contributed by atoms with Crippen molar-refractivity contribution in [1.29, 1.82) is 0 Å². The minimum atomic E-state index is -0.576. The molecule has 0 saturated heterocycles. The average Bonchev–Trinajstić information content (AvgIpc) is 2.41. The number of hydrogen-bond donors (Lipinski definition) is 1. The molecule has 0 aliphatic carbocycles. The number of para-hydroxylation sites is 1. The third-order valence-corrected chi connectivity index (χ3v) is 2.91. The van der Waals surface area contributed by atoms with Gasteiger partial charge in [-0.15, -0.1) is 0 Å². The Balaban J connectivity index is 2.36. The highest BCUT2D eigenvalue weighted by Gasteiger charge is 2.11. The molecule has 0 radical (unpaired) electrons. The molecule has 1 unspecified atom stereocenters. The lowest BCUT2D eigenvalue weighted by atomic mass is 10.1. The van der Waals surface area contributed by atoms with Crippen LogP contribution in [0.15, 0.2) is 42.5 Å². The fourth-order valence-electron chi connectivity index (χ4n) is 1.90. The summed E-state index contributed by atoms with van der Waals surface area (Å²) in [6.45, 7) is 3.71. The van der Waals surface area contributed by atoms with Crippen LogP contribution in [0.1, 0.15) is 24.2 Å². The van der Waals surface area contributed by atoms with E-state index in [0.29, 0.717) is 17.2 Å². The van der Waals surface area contributed by atoms with Crippen LogP contribution in [0.2, 0.25) is 0 Å². The Bertz CT molecular complexity index is 562. The van der Waals surface area contributed by atoms with Gasteiger partial charge >= 0.3 is 0 Å². The predicted molar refractivity (Wildman–Crippen MR) is 74.9 cm³/mol. The van der Waals surface area contributed by atoms with Crippen molar-refractivity contribution < 1.29 is 14.6 Å². The lowest BCUT2D eigenvalue weighted by molar-refractivity contribution is 0.195. The van der Waals surface area contributed by atoms with Crippen molar-refractivity contribution >= 4 is 0 Å². The second-order valence-corrected chi connectivity index (χ2v) is 4.47. The molecule has 2 aromatic rings. The number of aryl methyl sites for hydroxylation is 1. The molecule has 3 heteroatoms. The van der Waals surface area contributed by atoms with Gasteiger partial charge in [-0.3, -0.25) is 0 Å². The first-order chi connectivity index (χ1) is 9.11. The summed E-state index contributed by atoms with van der Waals surface area (Å²) in [4.78, 5) is 0. The molecule has 2 aromatic carbocycles. The van der Waals surface area contributed by atoms with E-state index in [1.165, 1.54) is 0 Å². The first-order valence-corrected chi connectivity index (χ1v) is 6.21. The van der Waals surface area contributed by atoms with Crippen molar-refractivity contribution in [3.63, 3.8) is 0 Å². The Morgan fingerprint density at radius 2 is 1.74 bits per heavy atom. The first kappa shape index (κ1) is 13.4. The molecule has 0 saturated carbocycles. The molecule has 0 fully saturated rings. The number of rotatable bonds is 4. The fraction of sp³-hybridized carbons (Fsp3) is 0.250. The van der Waals surface area contributed by atoms with Crippen molar-refractivity contribution in [2.24, 2.45) is 0 Å². The van der Waals surface area contributed by atoms with Crippen LogP contribution in [0.4, 0.5) is 0 Å². The Kier molecular flexibility index (Phi) is 4.07. The van der Waals surface area contributed by atoms with Gasteiger partial charge in [0.15, 0.2) is 11.5 Å². The van der Waals surface area contributed by atoms with Gasteiger partial charge in [0, 0.05) is 5.56 Å². The van der Waals surface area contributed by atoms with Gasteiger partial charge in [0.25, 0.3) is 0 Å². The summed E-state index contributed by atoms with van der Waals surface area (Å²) in [6.07, 6.45) is -0.576. The molecule has 0 aliphatic heterocycles. The SMILES string of the molecule is COc1cc(C)ccc1Oc1ccccc1C(C)O. The van der Waals surface area contributed by atoms with Crippen LogP contribution < -0.4 is 9.47 Å². The van der Waals surface area contributed by atoms with Gasteiger partial charge in [-0.2, -0.15) is 0 Å². The Morgan fingerprint density at radius 1 is 1.00 bits per heavy atom. The summed E-state index contributed by atoms with van der Waals surface area (Å²) in [6, 6.07) is 13.2. The predicted octanol–water partition coefficient (Wildman–Crippen LogP) is 3.85.